The predicted octanol–water partition coefficient (Wildman–Crippen LogP) is -0.239. The average Bonchev–Trinajstić information content (AvgIpc) is 2.73. The first-order valence-electron chi connectivity index (χ1n) is 5.69. The average molecular weight is 252 g/mol. The minimum absolute atomic E-state index is 0.160. The minimum atomic E-state index is -0.506. The molecule has 0 aliphatic carbocycles. The van der Waals surface area contributed by atoms with Crippen molar-refractivity contribution in [2.75, 3.05) is 12.3 Å². The Morgan fingerprint density at radius 3 is 3.00 bits per heavy atom. The van der Waals surface area contributed by atoms with Gasteiger partial charge in [-0.05, 0) is 13.0 Å². The quantitative estimate of drug-likeness (QED) is 0.642. The van der Waals surface area contributed by atoms with E-state index in [9.17, 15) is 9.90 Å². The maximum atomic E-state index is 11.7. The van der Waals surface area contributed by atoms with Gasteiger partial charge >= 0.3 is 5.69 Å². The molecule has 0 amide bonds. The van der Waals surface area contributed by atoms with Crippen LogP contribution in [0.1, 0.15) is 19.6 Å². The number of nitrogen functional groups attached to an aromatic ring is 1. The van der Waals surface area contributed by atoms with E-state index in [2.05, 4.69) is 4.98 Å². The lowest BCUT2D eigenvalue weighted by atomic mass is 9.96. The Bertz CT molecular complexity index is 513. The summed E-state index contributed by atoms with van der Waals surface area (Å²) >= 11 is 0. The Labute approximate surface area is 104 Å². The third-order valence-electron chi connectivity index (χ3n) is 3.13. The topological polar surface area (TPSA) is 114 Å². The Balaban J connectivity index is 2.26. The lowest BCUT2D eigenvalue weighted by molar-refractivity contribution is -0.0283. The van der Waals surface area contributed by atoms with Gasteiger partial charge in [0.15, 0.2) is 0 Å². The van der Waals surface area contributed by atoms with Gasteiger partial charge in [-0.25, -0.2) is 4.79 Å². The zero-order valence-electron chi connectivity index (χ0n) is 10.0. The fraction of sp³-hybridized carbons (Fsp3) is 0.545. The van der Waals surface area contributed by atoms with Crippen molar-refractivity contribution in [2.24, 2.45) is 5.92 Å². The molecule has 0 radical (unpaired) electrons. The van der Waals surface area contributed by atoms with Gasteiger partial charge in [0.25, 0.3) is 0 Å². The van der Waals surface area contributed by atoms with Crippen molar-refractivity contribution < 1.29 is 9.84 Å². The molecule has 0 aromatic carbocycles. The van der Waals surface area contributed by atoms with Gasteiger partial charge in [0.1, 0.15) is 12.0 Å². The third-order valence-corrected chi connectivity index (χ3v) is 3.13. The van der Waals surface area contributed by atoms with Crippen LogP contribution < -0.4 is 11.4 Å². The van der Waals surface area contributed by atoms with Crippen molar-refractivity contribution in [3.63, 3.8) is 0 Å². The largest absolute Gasteiger partial charge is 0.394 e. The van der Waals surface area contributed by atoms with E-state index < -0.39 is 18.0 Å². The smallest absolute Gasteiger partial charge is 0.351 e. The molecule has 3 atom stereocenters. The highest BCUT2D eigenvalue weighted by Gasteiger charge is 2.37. The molecule has 1 saturated heterocycles. The van der Waals surface area contributed by atoms with Crippen LogP contribution in [-0.4, -0.2) is 33.1 Å². The second-order valence-corrected chi connectivity index (χ2v) is 4.38. The molecule has 2 rings (SSSR count). The van der Waals surface area contributed by atoms with E-state index in [1.54, 1.807) is 6.92 Å². The van der Waals surface area contributed by atoms with Crippen LogP contribution in [0.15, 0.2) is 17.1 Å². The highest BCUT2D eigenvalue weighted by atomic mass is 16.5. The van der Waals surface area contributed by atoms with Crippen LogP contribution in [0.5, 0.6) is 0 Å². The van der Waals surface area contributed by atoms with E-state index in [-0.39, 0.29) is 18.3 Å². The Kier molecular flexibility index (Phi) is 3.44. The first-order valence-corrected chi connectivity index (χ1v) is 5.69. The number of aliphatic hydroxyl groups excluding tert-OH is 1. The molecule has 7 nitrogen and oxygen atoms in total. The van der Waals surface area contributed by atoms with Crippen LogP contribution in [-0.2, 0) is 4.74 Å². The highest BCUT2D eigenvalue weighted by Crippen LogP contribution is 2.33. The molecule has 0 saturated carbocycles. The summed E-state index contributed by atoms with van der Waals surface area (Å²) in [6.07, 6.45) is 1.04. The molecule has 0 bridgehead atoms. The lowest BCUT2D eigenvalue weighted by Gasteiger charge is -2.14. The number of nitrogens with zero attached hydrogens (tertiary/aromatic N) is 2. The van der Waals surface area contributed by atoms with Gasteiger partial charge in [-0.1, -0.05) is 0 Å². The number of aromatic nitrogens is 2. The SMILES string of the molecule is CC(=N)[C@H]1C[C@H](n2ccc(N)nc2=O)O[C@@H]1CO. The number of ether oxygens (including phenoxy) is 1. The number of hydrogen-bond acceptors (Lipinski definition) is 6. The summed E-state index contributed by atoms with van der Waals surface area (Å²) in [5.74, 6) is -0.0165. The van der Waals surface area contributed by atoms with Crippen molar-refractivity contribution in [2.45, 2.75) is 25.7 Å². The number of hydrogen-bond donors (Lipinski definition) is 3. The summed E-state index contributed by atoms with van der Waals surface area (Å²) < 4.78 is 6.92. The van der Waals surface area contributed by atoms with Crippen molar-refractivity contribution in [3.05, 3.63) is 22.7 Å². The molecule has 0 unspecified atom stereocenters. The van der Waals surface area contributed by atoms with Crippen molar-refractivity contribution in [3.8, 4) is 0 Å². The molecule has 4 N–H and O–H groups in total. The van der Waals surface area contributed by atoms with Crippen LogP contribution >= 0.6 is 0 Å². The summed E-state index contributed by atoms with van der Waals surface area (Å²) in [6.45, 7) is 1.50. The van der Waals surface area contributed by atoms with Gasteiger partial charge in [0, 0.05) is 24.2 Å². The van der Waals surface area contributed by atoms with Crippen LogP contribution in [0.2, 0.25) is 0 Å². The van der Waals surface area contributed by atoms with Crippen LogP contribution in [0, 0.1) is 11.3 Å². The normalized spacial score (nSPS) is 27.3. The zero-order chi connectivity index (χ0) is 13.3. The van der Waals surface area contributed by atoms with E-state index in [4.69, 9.17) is 15.9 Å². The van der Waals surface area contributed by atoms with Crippen molar-refractivity contribution >= 4 is 11.5 Å². The summed E-state index contributed by atoms with van der Waals surface area (Å²) in [6, 6.07) is 1.52. The fourth-order valence-corrected chi connectivity index (χ4v) is 2.17. The zero-order valence-corrected chi connectivity index (χ0v) is 10.0. The maximum Gasteiger partial charge on any atom is 0.351 e. The third kappa shape index (κ3) is 2.27. The number of anilines is 1. The Morgan fingerprint density at radius 1 is 1.78 bits per heavy atom. The van der Waals surface area contributed by atoms with E-state index in [1.807, 2.05) is 0 Å². The summed E-state index contributed by atoms with van der Waals surface area (Å²) in [7, 11) is 0. The molecule has 1 aliphatic heterocycles. The molecule has 1 aromatic heterocycles. The molecule has 2 heterocycles. The minimum Gasteiger partial charge on any atom is -0.394 e. The Morgan fingerprint density at radius 2 is 2.50 bits per heavy atom. The monoisotopic (exact) mass is 252 g/mol. The molecule has 1 fully saturated rings. The van der Waals surface area contributed by atoms with E-state index in [0.717, 1.165) is 0 Å². The lowest BCUT2D eigenvalue weighted by Crippen LogP contribution is -2.28. The van der Waals surface area contributed by atoms with Crippen LogP contribution in [0.4, 0.5) is 5.82 Å². The molecular weight excluding hydrogens is 236 g/mol. The van der Waals surface area contributed by atoms with Crippen LogP contribution in [0.25, 0.3) is 0 Å². The van der Waals surface area contributed by atoms with Gasteiger partial charge in [-0.15, -0.1) is 0 Å². The maximum absolute atomic E-state index is 11.7. The molecule has 98 valence electrons. The van der Waals surface area contributed by atoms with Crippen LogP contribution in [0.3, 0.4) is 0 Å². The second kappa shape index (κ2) is 4.87. The summed E-state index contributed by atoms with van der Waals surface area (Å²) in [5.41, 5.74) is 5.37. The number of rotatable bonds is 3. The number of nitrogens with one attached hydrogen (secondary N) is 1. The first kappa shape index (κ1) is 12.7. The predicted molar refractivity (Wildman–Crippen MR) is 65.4 cm³/mol. The standard InChI is InChI=1S/C11H16N4O3/c1-6(12)7-4-10(18-8(7)5-16)15-3-2-9(13)14-11(15)17/h2-3,7-8,10,12,16H,4-5H2,1H3,(H2,13,14,17)/t7-,8-,10-/m1/s1. The molecule has 1 aliphatic rings. The molecule has 1 aromatic rings. The van der Waals surface area contributed by atoms with Crippen molar-refractivity contribution in [1.29, 1.82) is 5.41 Å². The van der Waals surface area contributed by atoms with E-state index in [1.165, 1.54) is 16.8 Å². The van der Waals surface area contributed by atoms with Crippen molar-refractivity contribution in [1.82, 2.24) is 9.55 Å². The molecule has 7 heteroatoms. The number of aliphatic hydroxyl groups is 1. The molecule has 0 spiro atoms. The first-order chi connectivity index (χ1) is 8.52. The van der Waals surface area contributed by atoms with Gasteiger partial charge in [0.05, 0.1) is 12.7 Å². The van der Waals surface area contributed by atoms with E-state index in [0.29, 0.717) is 12.1 Å². The molecule has 18 heavy (non-hydrogen) atoms. The highest BCUT2D eigenvalue weighted by molar-refractivity contribution is 5.82. The molecular formula is C11H16N4O3. The van der Waals surface area contributed by atoms with Gasteiger partial charge < -0.3 is 21.0 Å². The van der Waals surface area contributed by atoms with Gasteiger partial charge in [-0.3, -0.25) is 4.57 Å². The summed E-state index contributed by atoms with van der Waals surface area (Å²) in [5, 5.41) is 16.9. The van der Waals surface area contributed by atoms with E-state index >= 15 is 0 Å². The fourth-order valence-electron chi connectivity index (χ4n) is 2.17. The van der Waals surface area contributed by atoms with Gasteiger partial charge in [0.2, 0.25) is 0 Å². The number of nitrogens with two attached hydrogens (primary N) is 1. The van der Waals surface area contributed by atoms with Gasteiger partial charge in [-0.2, -0.15) is 4.98 Å². The summed E-state index contributed by atoms with van der Waals surface area (Å²) in [4.78, 5) is 15.3. The second-order valence-electron chi connectivity index (χ2n) is 4.38. The Hall–Kier alpha value is -1.73.